The van der Waals surface area contributed by atoms with Gasteiger partial charge in [0.05, 0.1) is 11.4 Å². The van der Waals surface area contributed by atoms with Crippen molar-refractivity contribution in [2.75, 3.05) is 22.9 Å². The first-order chi connectivity index (χ1) is 9.06. The number of nitrogens with two attached hydrogens (primary N) is 2. The molecule has 0 unspecified atom stereocenters. The Balaban J connectivity index is 2.60. The van der Waals surface area contributed by atoms with Gasteiger partial charge in [-0.05, 0) is 25.1 Å². The van der Waals surface area contributed by atoms with Crippen LogP contribution in [0.3, 0.4) is 0 Å². The molecule has 0 saturated carbocycles. The molecule has 0 spiro atoms. The van der Waals surface area contributed by atoms with E-state index in [2.05, 4.69) is 0 Å². The second-order valence-electron chi connectivity index (χ2n) is 4.11. The number of nitrogen functional groups attached to an aromatic ring is 2. The number of rotatable bonds is 3. The van der Waals surface area contributed by atoms with Gasteiger partial charge in [-0.1, -0.05) is 29.8 Å². The highest BCUT2D eigenvalue weighted by molar-refractivity contribution is 6.33. The van der Waals surface area contributed by atoms with Gasteiger partial charge in [0.15, 0.2) is 5.82 Å². The van der Waals surface area contributed by atoms with Crippen LogP contribution in [0.4, 0.5) is 27.1 Å². The molecular formula is C14H15ClFN3. The molecule has 19 heavy (non-hydrogen) atoms. The van der Waals surface area contributed by atoms with E-state index in [0.717, 1.165) is 5.69 Å². The monoisotopic (exact) mass is 279 g/mol. The van der Waals surface area contributed by atoms with Crippen molar-refractivity contribution in [3.63, 3.8) is 0 Å². The van der Waals surface area contributed by atoms with Gasteiger partial charge in [0.25, 0.3) is 0 Å². The third-order valence-electron chi connectivity index (χ3n) is 2.89. The minimum absolute atomic E-state index is 0.0985. The van der Waals surface area contributed by atoms with Gasteiger partial charge in [-0.25, -0.2) is 4.39 Å². The van der Waals surface area contributed by atoms with Crippen LogP contribution >= 0.6 is 11.6 Å². The molecule has 0 aliphatic rings. The molecule has 3 nitrogen and oxygen atoms in total. The minimum Gasteiger partial charge on any atom is -0.397 e. The summed E-state index contributed by atoms with van der Waals surface area (Å²) in [7, 11) is 0. The van der Waals surface area contributed by atoms with E-state index in [4.69, 9.17) is 23.1 Å². The van der Waals surface area contributed by atoms with Crippen LogP contribution in [0.1, 0.15) is 6.92 Å². The van der Waals surface area contributed by atoms with Gasteiger partial charge >= 0.3 is 0 Å². The van der Waals surface area contributed by atoms with Crippen LogP contribution in [-0.2, 0) is 0 Å². The third kappa shape index (κ3) is 2.44. The lowest BCUT2D eigenvalue weighted by Gasteiger charge is -2.26. The van der Waals surface area contributed by atoms with E-state index < -0.39 is 5.82 Å². The zero-order valence-electron chi connectivity index (χ0n) is 10.5. The van der Waals surface area contributed by atoms with Crippen LogP contribution in [0.5, 0.6) is 0 Å². The molecule has 0 aliphatic carbocycles. The van der Waals surface area contributed by atoms with E-state index in [1.165, 1.54) is 6.07 Å². The predicted octanol–water partition coefficient (Wildman–Crippen LogP) is 3.80. The fourth-order valence-corrected chi connectivity index (χ4v) is 2.15. The molecule has 0 fully saturated rings. The molecule has 5 heteroatoms. The van der Waals surface area contributed by atoms with E-state index in [1.807, 2.05) is 37.3 Å². The molecule has 100 valence electrons. The fourth-order valence-electron chi connectivity index (χ4n) is 2.01. The highest BCUT2D eigenvalue weighted by Crippen LogP contribution is 2.39. The zero-order chi connectivity index (χ0) is 14.0. The van der Waals surface area contributed by atoms with E-state index in [-0.39, 0.29) is 22.1 Å². The highest BCUT2D eigenvalue weighted by Gasteiger charge is 2.20. The number of hydrogen-bond acceptors (Lipinski definition) is 3. The lowest BCUT2D eigenvalue weighted by molar-refractivity contribution is 0.627. The molecule has 0 aromatic heterocycles. The summed E-state index contributed by atoms with van der Waals surface area (Å²) in [6.45, 7) is 2.47. The first-order valence-corrected chi connectivity index (χ1v) is 6.29. The fraction of sp³-hybridized carbons (Fsp3) is 0.143. The molecule has 2 aromatic carbocycles. The third-order valence-corrected chi connectivity index (χ3v) is 3.28. The predicted molar refractivity (Wildman–Crippen MR) is 79.4 cm³/mol. The lowest BCUT2D eigenvalue weighted by Crippen LogP contribution is -2.19. The molecular weight excluding hydrogens is 265 g/mol. The second kappa shape index (κ2) is 5.36. The van der Waals surface area contributed by atoms with E-state index in [1.54, 1.807) is 4.90 Å². The van der Waals surface area contributed by atoms with Crippen molar-refractivity contribution in [2.45, 2.75) is 6.92 Å². The summed E-state index contributed by atoms with van der Waals surface area (Å²) in [5.74, 6) is -0.593. The summed E-state index contributed by atoms with van der Waals surface area (Å²) in [6, 6.07) is 10.9. The molecule has 2 aromatic rings. The smallest absolute Gasteiger partial charge is 0.169 e. The zero-order valence-corrected chi connectivity index (χ0v) is 11.3. The largest absolute Gasteiger partial charge is 0.397 e. The first-order valence-electron chi connectivity index (χ1n) is 5.91. The standard InChI is InChI=1S/C14H15ClFN3/c1-2-19(9-6-4-3-5-7-9)14-11(18)8-10(17)12(15)13(14)16/h3-8H,2,17-18H2,1H3. The highest BCUT2D eigenvalue weighted by atomic mass is 35.5. The summed E-state index contributed by atoms with van der Waals surface area (Å²) in [5, 5.41) is -0.0985. The maximum Gasteiger partial charge on any atom is 0.169 e. The Bertz CT molecular complexity index is 587. The summed E-state index contributed by atoms with van der Waals surface area (Å²) in [6.07, 6.45) is 0. The van der Waals surface area contributed by atoms with Gasteiger partial charge < -0.3 is 16.4 Å². The van der Waals surface area contributed by atoms with Crippen LogP contribution < -0.4 is 16.4 Å². The van der Waals surface area contributed by atoms with Crippen LogP contribution in [-0.4, -0.2) is 6.54 Å². The molecule has 0 bridgehead atoms. The number of hydrogen-bond donors (Lipinski definition) is 2. The molecule has 0 heterocycles. The maximum absolute atomic E-state index is 14.3. The molecule has 0 amide bonds. The van der Waals surface area contributed by atoms with Crippen LogP contribution in [0.15, 0.2) is 36.4 Å². The quantitative estimate of drug-likeness (QED) is 0.840. The summed E-state index contributed by atoms with van der Waals surface area (Å²) in [5.41, 5.74) is 13.0. The molecule has 0 saturated heterocycles. The Hall–Kier alpha value is -1.94. The minimum atomic E-state index is -0.593. The Morgan fingerprint density at radius 1 is 1.16 bits per heavy atom. The second-order valence-corrected chi connectivity index (χ2v) is 4.49. The molecule has 4 N–H and O–H groups in total. The topological polar surface area (TPSA) is 55.3 Å². The molecule has 0 aliphatic heterocycles. The summed E-state index contributed by atoms with van der Waals surface area (Å²) < 4.78 is 14.3. The van der Waals surface area contributed by atoms with Crippen molar-refractivity contribution in [1.29, 1.82) is 0 Å². The first kappa shape index (κ1) is 13.5. The Morgan fingerprint density at radius 3 is 2.37 bits per heavy atom. The Kier molecular flexibility index (Phi) is 3.81. The van der Waals surface area contributed by atoms with E-state index >= 15 is 0 Å². The number of nitrogens with zero attached hydrogens (tertiary/aromatic N) is 1. The van der Waals surface area contributed by atoms with Gasteiger partial charge in [-0.15, -0.1) is 0 Å². The number of anilines is 4. The maximum atomic E-state index is 14.3. The van der Waals surface area contributed by atoms with Crippen molar-refractivity contribution in [2.24, 2.45) is 0 Å². The van der Waals surface area contributed by atoms with Crippen LogP contribution in [0.2, 0.25) is 5.02 Å². The summed E-state index contributed by atoms with van der Waals surface area (Å²) >= 11 is 5.86. The van der Waals surface area contributed by atoms with Gasteiger partial charge in [-0.2, -0.15) is 0 Å². The van der Waals surface area contributed by atoms with Crippen LogP contribution in [0.25, 0.3) is 0 Å². The van der Waals surface area contributed by atoms with Gasteiger partial charge in [0.2, 0.25) is 0 Å². The number of benzene rings is 2. The average molecular weight is 280 g/mol. The van der Waals surface area contributed by atoms with Crippen molar-refractivity contribution in [3.8, 4) is 0 Å². The van der Waals surface area contributed by atoms with Crippen LogP contribution in [0, 0.1) is 5.82 Å². The van der Waals surface area contributed by atoms with E-state index in [9.17, 15) is 4.39 Å². The van der Waals surface area contributed by atoms with Gasteiger partial charge in [0, 0.05) is 12.2 Å². The SMILES string of the molecule is CCN(c1ccccc1)c1c(N)cc(N)c(Cl)c1F. The molecule has 2 rings (SSSR count). The lowest BCUT2D eigenvalue weighted by atomic mass is 10.2. The number of halogens is 2. The van der Waals surface area contributed by atoms with Crippen molar-refractivity contribution in [1.82, 2.24) is 0 Å². The van der Waals surface area contributed by atoms with Crippen molar-refractivity contribution in [3.05, 3.63) is 47.2 Å². The van der Waals surface area contributed by atoms with Gasteiger partial charge in [-0.3, -0.25) is 0 Å². The summed E-state index contributed by atoms with van der Waals surface area (Å²) in [4.78, 5) is 1.76. The van der Waals surface area contributed by atoms with E-state index in [0.29, 0.717) is 6.54 Å². The van der Waals surface area contributed by atoms with Crippen molar-refractivity contribution < 1.29 is 4.39 Å². The average Bonchev–Trinajstić information content (AvgIpc) is 2.42. The number of para-hydroxylation sites is 1. The Morgan fingerprint density at radius 2 is 1.79 bits per heavy atom. The Labute approximate surface area is 116 Å². The normalized spacial score (nSPS) is 10.5. The van der Waals surface area contributed by atoms with Crippen molar-refractivity contribution >= 4 is 34.4 Å². The molecule has 0 atom stereocenters. The van der Waals surface area contributed by atoms with Gasteiger partial charge in [0.1, 0.15) is 10.7 Å². The molecule has 0 radical (unpaired) electrons.